The summed E-state index contributed by atoms with van der Waals surface area (Å²) in [5.41, 5.74) is -2.97. The first-order valence-corrected chi connectivity index (χ1v) is 10.2. The third kappa shape index (κ3) is 12.6. The molecule has 10 atom stereocenters. The Kier molecular flexibility index (Phi) is 22.7. The number of aliphatic carboxylic acids is 3. The van der Waals surface area contributed by atoms with Gasteiger partial charge in [0.15, 0.2) is 12.6 Å². The van der Waals surface area contributed by atoms with Crippen molar-refractivity contribution in [1.82, 2.24) is 0 Å². The molecule has 210 valence electrons. The van der Waals surface area contributed by atoms with Crippen LogP contribution in [0.2, 0.25) is 0 Å². The molecule has 9 N–H and O–H groups in total. The van der Waals surface area contributed by atoms with E-state index in [-0.39, 0.29) is 88.7 Å². The zero-order valence-corrected chi connectivity index (χ0v) is 27.3. The number of hydrogen-bond acceptors (Lipinski definition) is 18. The fraction of sp³-hybridized carbons (Fsp3) is 0.833. The van der Waals surface area contributed by atoms with Crippen LogP contribution < -0.4 is 104 Å². The minimum Gasteiger partial charge on any atom is -0.550 e. The number of rotatable bonds is 9. The van der Waals surface area contributed by atoms with Gasteiger partial charge in [0, 0.05) is 24.8 Å². The van der Waals surface area contributed by atoms with Gasteiger partial charge in [-0.15, -0.1) is 0 Å². The number of hydrogen-bond donors (Lipinski definition) is 9. The van der Waals surface area contributed by atoms with Gasteiger partial charge in [-0.25, -0.2) is 0 Å². The van der Waals surface area contributed by atoms with E-state index in [1.807, 2.05) is 0 Å². The number of carbonyl (C=O) groups is 3. The van der Waals surface area contributed by atoms with Gasteiger partial charge in [-0.3, -0.25) is 0 Å². The van der Waals surface area contributed by atoms with E-state index in [2.05, 4.69) is 0 Å². The molecule has 0 aromatic rings. The summed E-state index contributed by atoms with van der Waals surface area (Å²) < 4.78 is 15.3. The summed E-state index contributed by atoms with van der Waals surface area (Å²) in [5, 5.41) is 115. The first kappa shape index (κ1) is 44.4. The van der Waals surface area contributed by atoms with E-state index in [9.17, 15) is 65.4 Å². The molecule has 0 amide bonds. The molecular weight excluding hydrogens is 573 g/mol. The number of carboxylic acids is 3. The fourth-order valence-corrected chi connectivity index (χ4v) is 3.25. The molecule has 0 saturated carbocycles. The third-order valence-corrected chi connectivity index (χ3v) is 5.23. The molecule has 2 saturated heterocycles. The summed E-state index contributed by atoms with van der Waals surface area (Å²) in [6.07, 6.45) is -18.3. The SMILES string of the molecule is O=C([O-])CC(O)(CC(=O)[O-])C(=O)[O-].OC[C@H]1O[C@@H](O[C@H]2[C@H](O)[C@@H](O)[C@H](O)O[C@@H]2CO)[C@H](O)[C@@H](O)[C@H]1O.[Na+].[Na+].[Na+]. The summed E-state index contributed by atoms with van der Waals surface area (Å²) in [7, 11) is 0. The summed E-state index contributed by atoms with van der Waals surface area (Å²) in [6, 6.07) is 0. The molecule has 0 radical (unpaired) electrons. The van der Waals surface area contributed by atoms with Crippen molar-refractivity contribution >= 4 is 17.9 Å². The second-order valence-electron chi connectivity index (χ2n) is 7.94. The van der Waals surface area contributed by atoms with Crippen LogP contribution in [0.15, 0.2) is 0 Å². The van der Waals surface area contributed by atoms with Crippen LogP contribution in [0.5, 0.6) is 0 Å². The first-order valence-electron chi connectivity index (χ1n) is 10.2. The Morgan fingerprint density at radius 2 is 1.15 bits per heavy atom. The van der Waals surface area contributed by atoms with Gasteiger partial charge in [-0.05, 0) is 0 Å². The molecule has 2 aliphatic rings. The Bertz CT molecular complexity index is 741. The van der Waals surface area contributed by atoms with Gasteiger partial charge in [-0.2, -0.15) is 0 Å². The Morgan fingerprint density at radius 3 is 1.54 bits per heavy atom. The average molecular weight is 600 g/mol. The second-order valence-corrected chi connectivity index (χ2v) is 7.94. The van der Waals surface area contributed by atoms with Crippen molar-refractivity contribution in [3.05, 3.63) is 0 Å². The Hall–Kier alpha value is 0.930. The van der Waals surface area contributed by atoms with E-state index in [0.717, 1.165) is 0 Å². The molecule has 2 aliphatic heterocycles. The number of carbonyl (C=O) groups excluding carboxylic acids is 3. The molecule has 18 nitrogen and oxygen atoms in total. The van der Waals surface area contributed by atoms with Crippen LogP contribution >= 0.6 is 0 Å². The van der Waals surface area contributed by atoms with Crippen molar-refractivity contribution in [3.8, 4) is 0 Å². The number of carboxylic acid groups (broad SMARTS) is 3. The van der Waals surface area contributed by atoms with Crippen LogP contribution in [0, 0.1) is 0 Å². The van der Waals surface area contributed by atoms with E-state index >= 15 is 0 Å². The number of aliphatic hydroxyl groups excluding tert-OH is 8. The average Bonchev–Trinajstić information content (AvgIpc) is 2.78. The molecule has 0 aromatic heterocycles. The van der Waals surface area contributed by atoms with E-state index in [4.69, 9.17) is 24.4 Å². The summed E-state index contributed by atoms with van der Waals surface area (Å²) >= 11 is 0. The van der Waals surface area contributed by atoms with Gasteiger partial charge < -0.3 is 89.9 Å². The van der Waals surface area contributed by atoms with Crippen LogP contribution in [0.1, 0.15) is 12.8 Å². The topological polar surface area (TPSA) is 330 Å². The molecule has 2 heterocycles. The Labute approximate surface area is 287 Å². The van der Waals surface area contributed by atoms with E-state index in [0.29, 0.717) is 0 Å². The number of ether oxygens (including phenoxy) is 3. The molecular formula is C18H27Na3O18. The van der Waals surface area contributed by atoms with Gasteiger partial charge >= 0.3 is 88.7 Å². The maximum atomic E-state index is 10.1. The smallest absolute Gasteiger partial charge is 0.550 e. The molecule has 0 spiro atoms. The van der Waals surface area contributed by atoms with E-state index in [1.54, 1.807) is 0 Å². The largest absolute Gasteiger partial charge is 1.00 e. The minimum atomic E-state index is -2.97. The maximum absolute atomic E-state index is 10.1. The van der Waals surface area contributed by atoms with Gasteiger partial charge in [0.2, 0.25) is 0 Å². The molecule has 39 heavy (non-hydrogen) atoms. The molecule has 0 bridgehead atoms. The Morgan fingerprint density at radius 1 is 0.692 bits per heavy atom. The van der Waals surface area contributed by atoms with Crippen molar-refractivity contribution in [2.75, 3.05) is 13.2 Å². The predicted octanol–water partition coefficient (Wildman–Crippen LogP) is -19.6. The van der Waals surface area contributed by atoms with Crippen LogP contribution in [0.4, 0.5) is 0 Å². The Balaban J connectivity index is -0.000000706. The van der Waals surface area contributed by atoms with Crippen molar-refractivity contribution in [1.29, 1.82) is 0 Å². The molecule has 2 fully saturated rings. The fourth-order valence-electron chi connectivity index (χ4n) is 3.25. The standard InChI is InChI=1S/C12H22O11.C6H8O7.3Na/c13-1-3-5(15)6(16)9(19)12(22-3)23-10-4(2-14)21-11(20)8(18)7(10)17;7-3(8)1-6(13,5(11)12)2-4(9)10;;;/h3-20H,1-2H2;13H,1-2H2,(H,7,8)(H,9,10)(H,11,12);;;/q;;3*+1/p-3/t3-,4-,5+,6+,7-,8-,9-,10-,11-,12+;;;;/m1..../s1. The second kappa shape index (κ2) is 20.0. The minimum absolute atomic E-state index is 0. The maximum Gasteiger partial charge on any atom is 1.00 e. The first-order chi connectivity index (χ1) is 16.6. The summed E-state index contributed by atoms with van der Waals surface area (Å²) in [6.45, 7) is -1.35. The van der Waals surface area contributed by atoms with Crippen LogP contribution in [-0.4, -0.2) is 144 Å². The van der Waals surface area contributed by atoms with Gasteiger partial charge in [0.05, 0.1) is 19.2 Å². The molecule has 2 rings (SSSR count). The van der Waals surface area contributed by atoms with Crippen molar-refractivity contribution in [3.63, 3.8) is 0 Å². The van der Waals surface area contributed by atoms with Crippen molar-refractivity contribution in [2.45, 2.75) is 79.9 Å². The van der Waals surface area contributed by atoms with E-state index in [1.165, 1.54) is 0 Å². The van der Waals surface area contributed by atoms with Gasteiger partial charge in [0.25, 0.3) is 0 Å². The summed E-state index contributed by atoms with van der Waals surface area (Å²) in [5.74, 6) is -5.98. The van der Waals surface area contributed by atoms with Crippen molar-refractivity contribution < 1.29 is 179 Å². The van der Waals surface area contributed by atoms with E-state index < -0.39 is 111 Å². The van der Waals surface area contributed by atoms with Crippen LogP contribution in [0.3, 0.4) is 0 Å². The monoisotopic (exact) mass is 600 g/mol. The van der Waals surface area contributed by atoms with Crippen molar-refractivity contribution in [2.24, 2.45) is 0 Å². The molecule has 0 unspecified atom stereocenters. The quantitative estimate of drug-likeness (QED) is 0.111. The third-order valence-electron chi connectivity index (χ3n) is 5.23. The normalized spacial score (nSPS) is 34.1. The molecule has 0 aromatic carbocycles. The molecule has 0 aliphatic carbocycles. The van der Waals surface area contributed by atoms with Gasteiger partial charge in [-0.1, -0.05) is 0 Å². The van der Waals surface area contributed by atoms with Crippen LogP contribution in [0.25, 0.3) is 0 Å². The van der Waals surface area contributed by atoms with Gasteiger partial charge in [0.1, 0.15) is 54.4 Å². The zero-order valence-electron chi connectivity index (χ0n) is 21.3. The molecule has 21 heteroatoms. The zero-order chi connectivity index (χ0) is 28.0. The number of aliphatic hydroxyl groups is 9. The van der Waals surface area contributed by atoms with Crippen LogP contribution in [-0.2, 0) is 28.6 Å². The summed E-state index contributed by atoms with van der Waals surface area (Å²) in [4.78, 5) is 30.0. The predicted molar refractivity (Wildman–Crippen MR) is 97.8 cm³/mol.